The van der Waals surface area contributed by atoms with Crippen molar-refractivity contribution in [3.8, 4) is 0 Å². The number of rotatable bonds is 3. The molecule has 3 heteroatoms. The molecule has 7 heavy (non-hydrogen) atoms. The molecular weight excluding hydrogens is 90.1 g/mol. The first-order valence-corrected chi connectivity index (χ1v) is 2.42. The van der Waals surface area contributed by atoms with Gasteiger partial charge in [-0.2, -0.15) is 0 Å². The van der Waals surface area contributed by atoms with Gasteiger partial charge in [0.2, 0.25) is 0 Å². The van der Waals surface area contributed by atoms with Crippen LogP contribution < -0.4 is 16.6 Å². The second-order valence-corrected chi connectivity index (χ2v) is 1.63. The normalized spacial score (nSPS) is 14.1. The standard InChI is InChI=1S/C4H13N3/c1-4(7-5)3-6-2/h4,6-7H,3,5H2,1-2H3. The number of hydrazine groups is 1. The van der Waals surface area contributed by atoms with E-state index in [-0.39, 0.29) is 0 Å². The minimum atomic E-state index is 0.366. The van der Waals surface area contributed by atoms with Gasteiger partial charge in [0.15, 0.2) is 0 Å². The van der Waals surface area contributed by atoms with Gasteiger partial charge in [-0.1, -0.05) is 0 Å². The topological polar surface area (TPSA) is 50.1 Å². The zero-order valence-corrected chi connectivity index (χ0v) is 4.86. The molecule has 0 aromatic carbocycles. The maximum absolute atomic E-state index is 5.07. The van der Waals surface area contributed by atoms with Crippen LogP contribution in [0.1, 0.15) is 6.92 Å². The molecule has 0 fully saturated rings. The Morgan fingerprint density at radius 3 is 2.43 bits per heavy atom. The van der Waals surface area contributed by atoms with E-state index in [1.165, 1.54) is 0 Å². The van der Waals surface area contributed by atoms with Crippen molar-refractivity contribution in [1.29, 1.82) is 0 Å². The van der Waals surface area contributed by atoms with Crippen LogP contribution in [0, 0.1) is 0 Å². The van der Waals surface area contributed by atoms with Crippen LogP contribution in [0.3, 0.4) is 0 Å². The molecule has 0 rings (SSSR count). The van der Waals surface area contributed by atoms with Crippen LogP contribution in [0.15, 0.2) is 0 Å². The smallest absolute Gasteiger partial charge is 0.0306 e. The molecule has 44 valence electrons. The molecule has 4 N–H and O–H groups in total. The third kappa shape index (κ3) is 3.72. The largest absolute Gasteiger partial charge is 0.318 e. The minimum absolute atomic E-state index is 0.366. The van der Waals surface area contributed by atoms with Crippen molar-refractivity contribution >= 4 is 0 Å². The van der Waals surface area contributed by atoms with Crippen LogP contribution in [0.5, 0.6) is 0 Å². The molecule has 0 heterocycles. The third-order valence-electron chi connectivity index (χ3n) is 0.795. The van der Waals surface area contributed by atoms with E-state index in [0.717, 1.165) is 6.54 Å². The number of likely N-dealkylation sites (N-methyl/N-ethyl adjacent to an activating group) is 1. The summed E-state index contributed by atoms with van der Waals surface area (Å²) >= 11 is 0. The van der Waals surface area contributed by atoms with Crippen LogP contribution in [0.25, 0.3) is 0 Å². The van der Waals surface area contributed by atoms with Crippen LogP contribution in [0.2, 0.25) is 0 Å². The molecule has 0 aromatic rings. The highest BCUT2D eigenvalue weighted by Gasteiger charge is 1.90. The van der Waals surface area contributed by atoms with E-state index in [0.29, 0.717) is 6.04 Å². The van der Waals surface area contributed by atoms with Gasteiger partial charge in [-0.15, -0.1) is 0 Å². The molecule has 0 spiro atoms. The SMILES string of the molecule is CNCC(C)NN. The highest BCUT2D eigenvalue weighted by atomic mass is 15.2. The summed E-state index contributed by atoms with van der Waals surface area (Å²) in [6.07, 6.45) is 0. The van der Waals surface area contributed by atoms with E-state index in [2.05, 4.69) is 10.7 Å². The van der Waals surface area contributed by atoms with Gasteiger partial charge >= 0.3 is 0 Å². The minimum Gasteiger partial charge on any atom is -0.318 e. The summed E-state index contributed by atoms with van der Waals surface area (Å²) in [4.78, 5) is 0. The predicted molar refractivity (Wildman–Crippen MR) is 30.7 cm³/mol. The van der Waals surface area contributed by atoms with E-state index in [1.807, 2.05) is 14.0 Å². The number of nitrogens with two attached hydrogens (primary N) is 1. The molecular formula is C4H13N3. The Kier molecular flexibility index (Phi) is 3.98. The summed E-state index contributed by atoms with van der Waals surface area (Å²) in [7, 11) is 1.90. The fraction of sp³-hybridized carbons (Fsp3) is 1.00. The number of hydrogen-bond donors (Lipinski definition) is 3. The molecule has 0 saturated heterocycles. The molecule has 0 amide bonds. The average Bonchev–Trinajstić information content (AvgIpc) is 1.68. The van der Waals surface area contributed by atoms with E-state index in [1.54, 1.807) is 0 Å². The second-order valence-electron chi connectivity index (χ2n) is 1.63. The van der Waals surface area contributed by atoms with Gasteiger partial charge in [0, 0.05) is 12.6 Å². The van der Waals surface area contributed by atoms with Gasteiger partial charge in [0.25, 0.3) is 0 Å². The van der Waals surface area contributed by atoms with Crippen molar-refractivity contribution in [2.24, 2.45) is 5.84 Å². The quantitative estimate of drug-likeness (QED) is 0.319. The third-order valence-corrected chi connectivity index (χ3v) is 0.795. The second kappa shape index (κ2) is 4.05. The molecule has 0 aliphatic carbocycles. The lowest BCUT2D eigenvalue weighted by Crippen LogP contribution is -2.39. The molecule has 1 unspecified atom stereocenters. The molecule has 0 aromatic heterocycles. The van der Waals surface area contributed by atoms with Gasteiger partial charge in [-0.25, -0.2) is 0 Å². The monoisotopic (exact) mass is 103 g/mol. The van der Waals surface area contributed by atoms with E-state index >= 15 is 0 Å². The fourth-order valence-electron chi connectivity index (χ4n) is 0.365. The van der Waals surface area contributed by atoms with Crippen molar-refractivity contribution in [3.05, 3.63) is 0 Å². The van der Waals surface area contributed by atoms with E-state index < -0.39 is 0 Å². The Morgan fingerprint density at radius 2 is 2.29 bits per heavy atom. The zero-order valence-electron chi connectivity index (χ0n) is 4.86. The number of hydrogen-bond acceptors (Lipinski definition) is 3. The van der Waals surface area contributed by atoms with E-state index in [9.17, 15) is 0 Å². The number of nitrogens with one attached hydrogen (secondary N) is 2. The molecule has 0 saturated carbocycles. The van der Waals surface area contributed by atoms with Crippen molar-refractivity contribution in [2.75, 3.05) is 13.6 Å². The first-order valence-electron chi connectivity index (χ1n) is 2.42. The van der Waals surface area contributed by atoms with Crippen molar-refractivity contribution in [2.45, 2.75) is 13.0 Å². The van der Waals surface area contributed by atoms with Crippen molar-refractivity contribution in [3.63, 3.8) is 0 Å². The molecule has 0 aliphatic heterocycles. The van der Waals surface area contributed by atoms with Crippen LogP contribution >= 0.6 is 0 Å². The molecule has 0 bridgehead atoms. The predicted octanol–water partition coefficient (Wildman–Crippen LogP) is -0.942. The average molecular weight is 103 g/mol. The first-order chi connectivity index (χ1) is 3.31. The Morgan fingerprint density at radius 1 is 1.71 bits per heavy atom. The lowest BCUT2D eigenvalue weighted by molar-refractivity contribution is 0.541. The van der Waals surface area contributed by atoms with Gasteiger partial charge in [0.05, 0.1) is 0 Å². The first kappa shape index (κ1) is 6.88. The summed E-state index contributed by atoms with van der Waals surface area (Å²) in [6.45, 7) is 2.92. The summed E-state index contributed by atoms with van der Waals surface area (Å²) in [5, 5.41) is 2.98. The Labute approximate surface area is 44.2 Å². The fourth-order valence-corrected chi connectivity index (χ4v) is 0.365. The lowest BCUT2D eigenvalue weighted by Gasteiger charge is -2.06. The Balaban J connectivity index is 2.83. The lowest BCUT2D eigenvalue weighted by atomic mass is 10.4. The van der Waals surface area contributed by atoms with Crippen molar-refractivity contribution < 1.29 is 0 Å². The van der Waals surface area contributed by atoms with Gasteiger partial charge < -0.3 is 5.32 Å². The Bertz CT molecular complexity index is 37.9. The summed E-state index contributed by atoms with van der Waals surface area (Å²) in [5.74, 6) is 5.07. The summed E-state index contributed by atoms with van der Waals surface area (Å²) < 4.78 is 0. The van der Waals surface area contributed by atoms with Gasteiger partial charge in [0.1, 0.15) is 0 Å². The summed E-state index contributed by atoms with van der Waals surface area (Å²) in [5.41, 5.74) is 2.60. The molecule has 0 radical (unpaired) electrons. The van der Waals surface area contributed by atoms with Crippen molar-refractivity contribution in [1.82, 2.24) is 10.7 Å². The highest BCUT2D eigenvalue weighted by Crippen LogP contribution is 1.68. The highest BCUT2D eigenvalue weighted by molar-refractivity contribution is 4.55. The van der Waals surface area contributed by atoms with Gasteiger partial charge in [-0.3, -0.25) is 11.3 Å². The maximum atomic E-state index is 5.07. The maximum Gasteiger partial charge on any atom is 0.0306 e. The van der Waals surface area contributed by atoms with Crippen LogP contribution in [-0.2, 0) is 0 Å². The van der Waals surface area contributed by atoms with Gasteiger partial charge in [-0.05, 0) is 14.0 Å². The zero-order chi connectivity index (χ0) is 5.70. The molecule has 0 aliphatic rings. The summed E-state index contributed by atoms with van der Waals surface area (Å²) in [6, 6.07) is 0.366. The van der Waals surface area contributed by atoms with E-state index in [4.69, 9.17) is 5.84 Å². The molecule has 1 atom stereocenters. The van der Waals surface area contributed by atoms with Crippen LogP contribution in [0.4, 0.5) is 0 Å². The molecule has 3 nitrogen and oxygen atoms in total. The Hall–Kier alpha value is -0.120. The van der Waals surface area contributed by atoms with Crippen LogP contribution in [-0.4, -0.2) is 19.6 Å².